The van der Waals surface area contributed by atoms with E-state index < -0.39 is 24.5 Å². The SMILES string of the molecule is Cc1ccc(NC(=O)N2CC[C@@H](CC(F)(F)F)C2)cc1-c1cc(NC2(C)CC(O)C2)nc(N2CCOCC2)c1. The molecule has 8 nitrogen and oxygen atoms in total. The Labute approximate surface area is 226 Å². The summed E-state index contributed by atoms with van der Waals surface area (Å²) in [4.78, 5) is 21.4. The molecule has 3 heterocycles. The highest BCUT2D eigenvalue weighted by atomic mass is 19.4. The molecule has 212 valence electrons. The standard InChI is InChI=1S/C28H36F3N5O3/c1-18-3-4-21(32-26(38)36-6-5-19(17-36)14-28(29,30)31)13-23(18)20-11-24(34-27(2)15-22(37)16-27)33-25(12-20)35-7-9-39-10-8-35/h3-4,11-13,19,22,37H,5-10,14-17H2,1-2H3,(H,32,38)(H,33,34)/t19-,22?,27?/m0/s1. The zero-order chi connectivity index (χ0) is 27.8. The van der Waals surface area contributed by atoms with Gasteiger partial charge in [-0.3, -0.25) is 0 Å². The number of carbonyl (C=O) groups is 1. The zero-order valence-corrected chi connectivity index (χ0v) is 22.4. The third-order valence-electron chi connectivity index (χ3n) is 7.84. The minimum Gasteiger partial charge on any atom is -0.393 e. The highest BCUT2D eigenvalue weighted by molar-refractivity contribution is 5.91. The van der Waals surface area contributed by atoms with E-state index in [1.807, 2.05) is 31.2 Å². The van der Waals surface area contributed by atoms with Crippen LogP contribution < -0.4 is 15.5 Å². The van der Waals surface area contributed by atoms with Crippen molar-refractivity contribution in [3.8, 4) is 11.1 Å². The lowest BCUT2D eigenvalue weighted by Crippen LogP contribution is -2.50. The van der Waals surface area contributed by atoms with Gasteiger partial charge in [0.1, 0.15) is 11.6 Å². The zero-order valence-electron chi connectivity index (χ0n) is 22.4. The van der Waals surface area contributed by atoms with E-state index in [9.17, 15) is 23.1 Å². The largest absolute Gasteiger partial charge is 0.393 e. The normalized spacial score (nSPS) is 25.4. The van der Waals surface area contributed by atoms with Crippen molar-refractivity contribution >= 4 is 23.4 Å². The van der Waals surface area contributed by atoms with Crippen LogP contribution in [-0.2, 0) is 4.74 Å². The molecule has 1 aromatic carbocycles. The molecule has 3 fully saturated rings. The number of hydrogen-bond donors (Lipinski definition) is 3. The van der Waals surface area contributed by atoms with Gasteiger partial charge in [-0.1, -0.05) is 6.07 Å². The number of rotatable bonds is 6. The smallest absolute Gasteiger partial charge is 0.389 e. The number of anilines is 3. The number of carbonyl (C=O) groups excluding carboxylic acids is 1. The summed E-state index contributed by atoms with van der Waals surface area (Å²) in [7, 11) is 0. The summed E-state index contributed by atoms with van der Waals surface area (Å²) < 4.78 is 43.9. The Bertz CT molecular complexity index is 1200. The second-order valence-corrected chi connectivity index (χ2v) is 11.3. The molecule has 2 aliphatic heterocycles. The predicted molar refractivity (Wildman–Crippen MR) is 144 cm³/mol. The van der Waals surface area contributed by atoms with Gasteiger partial charge in [-0.2, -0.15) is 13.2 Å². The number of nitrogens with one attached hydrogen (secondary N) is 2. The number of halogens is 3. The van der Waals surface area contributed by atoms with E-state index in [-0.39, 0.29) is 18.2 Å². The van der Waals surface area contributed by atoms with Crippen LogP contribution in [0, 0.1) is 12.8 Å². The summed E-state index contributed by atoms with van der Waals surface area (Å²) >= 11 is 0. The van der Waals surface area contributed by atoms with Crippen LogP contribution in [-0.4, -0.2) is 78.2 Å². The second-order valence-electron chi connectivity index (χ2n) is 11.3. The summed E-state index contributed by atoms with van der Waals surface area (Å²) in [5.41, 5.74) is 3.20. The van der Waals surface area contributed by atoms with E-state index >= 15 is 0 Å². The van der Waals surface area contributed by atoms with Crippen molar-refractivity contribution in [3.05, 3.63) is 35.9 Å². The van der Waals surface area contributed by atoms with E-state index in [2.05, 4.69) is 22.5 Å². The Morgan fingerprint density at radius 2 is 1.92 bits per heavy atom. The molecule has 5 rings (SSSR count). The Kier molecular flexibility index (Phi) is 7.65. The summed E-state index contributed by atoms with van der Waals surface area (Å²) in [6, 6.07) is 9.25. The van der Waals surface area contributed by atoms with Crippen molar-refractivity contribution in [3.63, 3.8) is 0 Å². The van der Waals surface area contributed by atoms with Gasteiger partial charge in [-0.15, -0.1) is 0 Å². The van der Waals surface area contributed by atoms with Crippen LogP contribution in [0.1, 0.15) is 38.2 Å². The fraction of sp³-hybridized carbons (Fsp3) is 0.571. The molecule has 3 aliphatic rings. The number of morpholine rings is 1. The van der Waals surface area contributed by atoms with Gasteiger partial charge >= 0.3 is 12.2 Å². The molecule has 11 heteroatoms. The number of aryl methyl sites for hydroxylation is 1. The van der Waals surface area contributed by atoms with Gasteiger partial charge in [0.05, 0.1) is 19.3 Å². The molecule has 2 amide bonds. The van der Waals surface area contributed by atoms with Crippen LogP contribution in [0.25, 0.3) is 11.1 Å². The number of urea groups is 1. The van der Waals surface area contributed by atoms with E-state index in [1.54, 1.807) is 6.07 Å². The molecular weight excluding hydrogens is 511 g/mol. The molecule has 0 spiro atoms. The summed E-state index contributed by atoms with van der Waals surface area (Å²) in [5, 5.41) is 16.3. The van der Waals surface area contributed by atoms with E-state index in [0.29, 0.717) is 50.5 Å². The molecule has 39 heavy (non-hydrogen) atoms. The first-order valence-corrected chi connectivity index (χ1v) is 13.5. The topological polar surface area (TPSA) is 90.0 Å². The molecule has 1 aromatic heterocycles. The Morgan fingerprint density at radius 3 is 2.62 bits per heavy atom. The minimum absolute atomic E-state index is 0.0970. The van der Waals surface area contributed by atoms with E-state index in [1.165, 1.54) is 4.90 Å². The Balaban J connectivity index is 1.37. The number of benzene rings is 1. The molecule has 1 saturated carbocycles. The van der Waals surface area contributed by atoms with Crippen LogP contribution in [0.2, 0.25) is 0 Å². The maximum Gasteiger partial charge on any atom is 0.389 e. The van der Waals surface area contributed by atoms with Gasteiger partial charge in [-0.05, 0) is 80.0 Å². The third kappa shape index (κ3) is 6.75. The lowest BCUT2D eigenvalue weighted by Gasteiger charge is -2.43. The summed E-state index contributed by atoms with van der Waals surface area (Å²) in [6.07, 6.45) is -3.77. The predicted octanol–water partition coefficient (Wildman–Crippen LogP) is 5.03. The number of pyridine rings is 1. The van der Waals surface area contributed by atoms with E-state index in [4.69, 9.17) is 9.72 Å². The quantitative estimate of drug-likeness (QED) is 0.471. The van der Waals surface area contributed by atoms with Crippen molar-refractivity contribution in [2.24, 2.45) is 5.92 Å². The van der Waals surface area contributed by atoms with Gasteiger partial charge in [0, 0.05) is 43.8 Å². The van der Waals surface area contributed by atoms with Crippen LogP contribution >= 0.6 is 0 Å². The van der Waals surface area contributed by atoms with Crippen LogP contribution in [0.5, 0.6) is 0 Å². The minimum atomic E-state index is -4.23. The Hall–Kier alpha value is -3.05. The highest BCUT2D eigenvalue weighted by Gasteiger charge is 2.40. The number of ether oxygens (including phenoxy) is 1. The number of aromatic nitrogens is 1. The van der Waals surface area contributed by atoms with Crippen LogP contribution in [0.3, 0.4) is 0 Å². The lowest BCUT2D eigenvalue weighted by atomic mass is 9.76. The number of hydrogen-bond acceptors (Lipinski definition) is 6. The number of aliphatic hydroxyl groups excluding tert-OH is 1. The number of alkyl halides is 3. The third-order valence-corrected chi connectivity index (χ3v) is 7.84. The van der Waals surface area contributed by atoms with Gasteiger partial charge in [0.25, 0.3) is 0 Å². The molecule has 0 radical (unpaired) electrons. The van der Waals surface area contributed by atoms with Gasteiger partial charge in [0.15, 0.2) is 0 Å². The van der Waals surface area contributed by atoms with Gasteiger partial charge in [-0.25, -0.2) is 9.78 Å². The average molecular weight is 548 g/mol. The monoisotopic (exact) mass is 547 g/mol. The first-order valence-electron chi connectivity index (χ1n) is 13.5. The van der Waals surface area contributed by atoms with Crippen molar-refractivity contribution in [2.75, 3.05) is 54.9 Å². The first kappa shape index (κ1) is 27.5. The van der Waals surface area contributed by atoms with Crippen LogP contribution in [0.4, 0.5) is 35.3 Å². The molecule has 2 aromatic rings. The van der Waals surface area contributed by atoms with E-state index in [0.717, 1.165) is 35.6 Å². The molecule has 0 unspecified atom stereocenters. The maximum atomic E-state index is 12.9. The summed E-state index contributed by atoms with van der Waals surface area (Å²) in [5.74, 6) is 0.970. The van der Waals surface area contributed by atoms with Crippen LogP contribution in [0.15, 0.2) is 30.3 Å². The van der Waals surface area contributed by atoms with Gasteiger partial charge < -0.3 is 30.3 Å². The highest BCUT2D eigenvalue weighted by Crippen LogP contribution is 2.37. The lowest BCUT2D eigenvalue weighted by molar-refractivity contribution is -0.143. The van der Waals surface area contributed by atoms with Gasteiger partial charge in [0.2, 0.25) is 0 Å². The summed E-state index contributed by atoms with van der Waals surface area (Å²) in [6.45, 7) is 7.17. The Morgan fingerprint density at radius 1 is 1.18 bits per heavy atom. The van der Waals surface area contributed by atoms with Crippen molar-refractivity contribution < 1.29 is 27.8 Å². The number of likely N-dealkylation sites (tertiary alicyclic amines) is 1. The van der Waals surface area contributed by atoms with Crippen molar-refractivity contribution in [2.45, 2.75) is 57.3 Å². The number of aliphatic hydroxyl groups is 1. The second kappa shape index (κ2) is 10.8. The average Bonchev–Trinajstić information content (AvgIpc) is 3.31. The number of nitrogens with zero attached hydrogens (tertiary/aromatic N) is 3. The molecular formula is C28H36F3N5O3. The van der Waals surface area contributed by atoms with Crippen molar-refractivity contribution in [1.82, 2.24) is 9.88 Å². The van der Waals surface area contributed by atoms with Crippen molar-refractivity contribution in [1.29, 1.82) is 0 Å². The molecule has 3 N–H and O–H groups in total. The fourth-order valence-corrected chi connectivity index (χ4v) is 5.81. The molecule has 2 saturated heterocycles. The maximum absolute atomic E-state index is 12.9. The molecule has 0 bridgehead atoms. The molecule has 1 aliphatic carbocycles. The first-order chi connectivity index (χ1) is 18.5. The number of amides is 2. The fourth-order valence-electron chi connectivity index (χ4n) is 5.81. The molecule has 1 atom stereocenters.